The van der Waals surface area contributed by atoms with Gasteiger partial charge in [0, 0.05) is 12.0 Å². The monoisotopic (exact) mass is 404 g/mol. The van der Waals surface area contributed by atoms with Crippen LogP contribution in [0.15, 0.2) is 48.5 Å². The van der Waals surface area contributed by atoms with E-state index in [2.05, 4.69) is 5.32 Å². The number of benzene rings is 2. The van der Waals surface area contributed by atoms with E-state index in [1.54, 1.807) is 24.3 Å². The van der Waals surface area contributed by atoms with Crippen LogP contribution in [0.1, 0.15) is 40.6 Å². The first-order valence-electron chi connectivity index (χ1n) is 8.85. The molecule has 2 aliphatic heterocycles. The van der Waals surface area contributed by atoms with E-state index in [-0.39, 0.29) is 12.8 Å². The first-order chi connectivity index (χ1) is 13.8. The average Bonchev–Trinajstić information content (AvgIpc) is 3.21. The summed E-state index contributed by atoms with van der Waals surface area (Å²) in [5.74, 6) is -1.80. The van der Waals surface area contributed by atoms with Crippen LogP contribution in [0.5, 0.6) is 0 Å². The maximum atomic E-state index is 13.2. The van der Waals surface area contributed by atoms with Crippen LogP contribution in [0.2, 0.25) is 0 Å². The highest BCUT2D eigenvalue weighted by atomic mass is 19.4. The lowest BCUT2D eigenvalue weighted by atomic mass is 10.1. The quantitative estimate of drug-likeness (QED) is 0.795. The number of fused-ring (bicyclic) bond motifs is 1. The molecule has 0 spiro atoms. The van der Waals surface area contributed by atoms with E-state index in [9.17, 15) is 27.6 Å². The molecule has 9 heteroatoms. The number of hydrogen-bond acceptors (Lipinski definition) is 4. The Hall–Kier alpha value is -3.36. The molecule has 0 radical (unpaired) electrons. The molecule has 2 aromatic carbocycles. The van der Waals surface area contributed by atoms with Gasteiger partial charge in [0.05, 0.1) is 16.8 Å². The summed E-state index contributed by atoms with van der Waals surface area (Å²) in [6, 6.07) is 10.0. The van der Waals surface area contributed by atoms with Crippen LogP contribution < -0.4 is 5.32 Å². The fourth-order valence-electron chi connectivity index (χ4n) is 3.64. The zero-order valence-corrected chi connectivity index (χ0v) is 14.9. The summed E-state index contributed by atoms with van der Waals surface area (Å²) >= 11 is 0. The van der Waals surface area contributed by atoms with Gasteiger partial charge >= 0.3 is 12.1 Å². The predicted molar refractivity (Wildman–Crippen MR) is 94.5 cm³/mol. The highest BCUT2D eigenvalue weighted by Gasteiger charge is 2.46. The molecule has 2 amide bonds. The molecular weight excluding hydrogens is 389 g/mol. The largest absolute Gasteiger partial charge is 0.433 e. The second-order valence-corrected chi connectivity index (χ2v) is 6.73. The molecule has 1 fully saturated rings. The summed E-state index contributed by atoms with van der Waals surface area (Å²) in [5, 5.41) is 2.27. The minimum absolute atomic E-state index is 0.0230. The standard InChI is InChI=1S/C20H15F3N2O4/c21-20(22,23)13-7-3-4-8-14(13)24-17(27)15-9-10-16(26)25(15)18-11-5-1-2-6-12(11)19(28)29-18/h1-8,15,18H,9-10H2,(H,24,27)/t15-,18+/m1/s1. The molecule has 2 heterocycles. The van der Waals surface area contributed by atoms with Crippen molar-refractivity contribution in [1.29, 1.82) is 0 Å². The van der Waals surface area contributed by atoms with E-state index in [4.69, 9.17) is 4.74 Å². The second-order valence-electron chi connectivity index (χ2n) is 6.73. The second kappa shape index (κ2) is 6.91. The normalized spacial score (nSPS) is 21.1. The molecule has 150 valence electrons. The SMILES string of the molecule is O=C1O[C@H](N2C(=O)CC[C@@H]2C(=O)Nc2ccccc2C(F)(F)F)c2ccccc21. The van der Waals surface area contributed by atoms with Gasteiger partial charge in [0.2, 0.25) is 18.0 Å². The van der Waals surface area contributed by atoms with Crippen molar-refractivity contribution in [2.45, 2.75) is 31.3 Å². The summed E-state index contributed by atoms with van der Waals surface area (Å²) < 4.78 is 44.9. The number of alkyl halides is 3. The fraction of sp³-hybridized carbons (Fsp3) is 0.250. The molecular formula is C20H15F3N2O4. The Morgan fingerprint density at radius 3 is 2.52 bits per heavy atom. The third-order valence-corrected chi connectivity index (χ3v) is 4.97. The topological polar surface area (TPSA) is 75.7 Å². The molecule has 0 aromatic heterocycles. The van der Waals surface area contributed by atoms with E-state index in [0.29, 0.717) is 11.1 Å². The lowest BCUT2D eigenvalue weighted by Gasteiger charge is -2.29. The smallest absolute Gasteiger partial charge is 0.418 e. The number of amides is 2. The molecule has 1 N–H and O–H groups in total. The van der Waals surface area contributed by atoms with Gasteiger partial charge in [0.25, 0.3) is 0 Å². The highest BCUT2D eigenvalue weighted by Crippen LogP contribution is 2.39. The molecule has 29 heavy (non-hydrogen) atoms. The van der Waals surface area contributed by atoms with Crippen LogP contribution in [0.4, 0.5) is 18.9 Å². The van der Waals surface area contributed by atoms with Crippen LogP contribution in [0.3, 0.4) is 0 Å². The van der Waals surface area contributed by atoms with Crippen molar-refractivity contribution in [2.24, 2.45) is 0 Å². The Bertz CT molecular complexity index is 1010. The minimum Gasteiger partial charge on any atom is -0.433 e. The first kappa shape index (κ1) is 19.0. The van der Waals surface area contributed by atoms with Gasteiger partial charge in [-0.25, -0.2) is 4.79 Å². The minimum atomic E-state index is -4.64. The number of likely N-dealkylation sites (tertiary alicyclic amines) is 1. The number of ether oxygens (including phenoxy) is 1. The zero-order chi connectivity index (χ0) is 20.8. The van der Waals surface area contributed by atoms with Gasteiger partial charge in [-0.1, -0.05) is 30.3 Å². The first-order valence-corrected chi connectivity index (χ1v) is 8.85. The number of hydrogen-bond donors (Lipinski definition) is 1. The Kier molecular flexibility index (Phi) is 4.52. The highest BCUT2D eigenvalue weighted by molar-refractivity contribution is 6.00. The number of esters is 1. The summed E-state index contributed by atoms with van der Waals surface area (Å²) in [6.45, 7) is 0. The van der Waals surface area contributed by atoms with Gasteiger partial charge in [-0.2, -0.15) is 13.2 Å². The number of carbonyl (C=O) groups excluding carboxylic acids is 3. The molecule has 0 unspecified atom stereocenters. The molecule has 2 atom stereocenters. The maximum absolute atomic E-state index is 13.2. The molecule has 2 aromatic rings. The summed E-state index contributed by atoms with van der Waals surface area (Å²) in [5.41, 5.74) is -0.644. The van der Waals surface area contributed by atoms with Crippen LogP contribution in [-0.4, -0.2) is 28.7 Å². The van der Waals surface area contributed by atoms with Crippen molar-refractivity contribution < 1.29 is 32.3 Å². The molecule has 0 saturated carbocycles. The van der Waals surface area contributed by atoms with Gasteiger partial charge in [-0.3, -0.25) is 14.5 Å². The van der Waals surface area contributed by atoms with Gasteiger partial charge in [0.15, 0.2) is 0 Å². The lowest BCUT2D eigenvalue weighted by molar-refractivity contribution is -0.144. The molecule has 0 bridgehead atoms. The van der Waals surface area contributed by atoms with Gasteiger partial charge in [0.1, 0.15) is 6.04 Å². The fourth-order valence-corrected chi connectivity index (χ4v) is 3.64. The molecule has 6 nitrogen and oxygen atoms in total. The molecule has 2 aliphatic rings. The van der Waals surface area contributed by atoms with Gasteiger partial charge in [-0.05, 0) is 24.6 Å². The van der Waals surface area contributed by atoms with Crippen molar-refractivity contribution in [3.63, 3.8) is 0 Å². The zero-order valence-electron chi connectivity index (χ0n) is 14.9. The maximum Gasteiger partial charge on any atom is 0.418 e. The third-order valence-electron chi connectivity index (χ3n) is 4.97. The van der Waals surface area contributed by atoms with Crippen LogP contribution in [-0.2, 0) is 20.5 Å². The summed E-state index contributed by atoms with van der Waals surface area (Å²) in [7, 11) is 0. The van der Waals surface area contributed by atoms with Crippen LogP contribution in [0, 0.1) is 0 Å². The number of carbonyl (C=O) groups is 3. The van der Waals surface area contributed by atoms with E-state index in [1.807, 2.05) is 0 Å². The Labute approximate surface area is 163 Å². The molecule has 0 aliphatic carbocycles. The number of cyclic esters (lactones) is 1. The van der Waals surface area contributed by atoms with Gasteiger partial charge < -0.3 is 10.1 Å². The van der Waals surface area contributed by atoms with E-state index in [0.717, 1.165) is 17.0 Å². The van der Waals surface area contributed by atoms with Crippen molar-refractivity contribution in [3.8, 4) is 0 Å². The van der Waals surface area contributed by atoms with Gasteiger partial charge in [-0.15, -0.1) is 0 Å². The Morgan fingerprint density at radius 2 is 1.76 bits per heavy atom. The van der Waals surface area contributed by atoms with Crippen molar-refractivity contribution >= 4 is 23.5 Å². The number of nitrogens with zero attached hydrogens (tertiary/aromatic N) is 1. The lowest BCUT2D eigenvalue weighted by Crippen LogP contribution is -2.44. The van der Waals surface area contributed by atoms with E-state index >= 15 is 0 Å². The summed E-state index contributed by atoms with van der Waals surface area (Å²) in [4.78, 5) is 38.4. The summed E-state index contributed by atoms with van der Waals surface area (Å²) in [6.07, 6.45) is -5.60. The number of rotatable bonds is 3. The van der Waals surface area contributed by atoms with Crippen LogP contribution >= 0.6 is 0 Å². The third kappa shape index (κ3) is 3.32. The van der Waals surface area contributed by atoms with E-state index < -0.39 is 47.5 Å². The number of para-hydroxylation sites is 1. The number of anilines is 1. The average molecular weight is 404 g/mol. The van der Waals surface area contributed by atoms with Crippen LogP contribution in [0.25, 0.3) is 0 Å². The van der Waals surface area contributed by atoms with Crippen molar-refractivity contribution in [2.75, 3.05) is 5.32 Å². The van der Waals surface area contributed by atoms with Crippen molar-refractivity contribution in [1.82, 2.24) is 4.90 Å². The number of halogens is 3. The van der Waals surface area contributed by atoms with E-state index in [1.165, 1.54) is 12.1 Å². The molecule has 4 rings (SSSR count). The predicted octanol–water partition coefficient (Wildman–Crippen LogP) is 3.50. The molecule has 1 saturated heterocycles. The van der Waals surface area contributed by atoms with Crippen molar-refractivity contribution in [3.05, 3.63) is 65.2 Å². The Balaban J connectivity index is 1.62. The number of nitrogens with one attached hydrogen (secondary N) is 1. The Morgan fingerprint density at radius 1 is 1.07 bits per heavy atom.